The average molecular weight is 855 g/mol. The first-order valence-electron chi connectivity index (χ1n) is 26.6. The van der Waals surface area contributed by atoms with Crippen molar-refractivity contribution in [1.29, 1.82) is 0 Å². The molecule has 0 N–H and O–H groups in total. The Hall–Kier alpha value is -3.60. The molecule has 5 heteroatoms. The number of nitrogens with zero attached hydrogens (tertiary/aromatic N) is 4. The van der Waals surface area contributed by atoms with Crippen LogP contribution in [0.3, 0.4) is 0 Å². The summed E-state index contributed by atoms with van der Waals surface area (Å²) in [5, 5.41) is 0. The van der Waals surface area contributed by atoms with Gasteiger partial charge in [0.2, 0.25) is 0 Å². The Morgan fingerprint density at radius 1 is 0.397 bits per heavy atom. The summed E-state index contributed by atoms with van der Waals surface area (Å²) in [7, 11) is 0. The quantitative estimate of drug-likeness (QED) is 0.0533. The predicted molar refractivity (Wildman–Crippen MR) is 265 cm³/mol. The largest absolute Gasteiger partial charge is 0.457 e. The number of unbranched alkanes of at least 4 members (excludes halogenated alkanes) is 12. The molecule has 0 unspecified atom stereocenters. The van der Waals surface area contributed by atoms with Crippen molar-refractivity contribution >= 4 is 0 Å². The highest BCUT2D eigenvalue weighted by Gasteiger charge is 2.27. The molecule has 2 aliphatic carbocycles. The van der Waals surface area contributed by atoms with Crippen molar-refractivity contribution in [3.05, 3.63) is 106 Å². The maximum Gasteiger partial charge on any atom is 0.131 e. The standard InChI is InChI=1S/C58H86N4O/c1-5-9-13-15-19-21-45-29-35-55(53(37-45)39-47-25-31-51(32-26-47)57-59-41-49(42-60-57)23-17-11-7-3)63-56-36-30-46(22-20-16-14-10-6-2)38-54(56)40-48-27-33-52(34-28-48)58-61-43-50(44-62-58)24-18-12-8-4/h29-30,35-38,41-44,47-48,51-52H,5-28,31-34,39-40H2,1-4H3/t47-,48-,51-,52-. The number of aromatic nitrogens is 4. The van der Waals surface area contributed by atoms with Crippen LogP contribution in [0.5, 0.6) is 11.5 Å². The van der Waals surface area contributed by atoms with Crippen molar-refractivity contribution in [1.82, 2.24) is 19.9 Å². The lowest BCUT2D eigenvalue weighted by atomic mass is 9.78. The normalized spacial score (nSPS) is 19.0. The van der Waals surface area contributed by atoms with Crippen LogP contribution in [0.4, 0.5) is 0 Å². The van der Waals surface area contributed by atoms with Gasteiger partial charge < -0.3 is 4.74 Å². The van der Waals surface area contributed by atoms with Crippen LogP contribution in [0.25, 0.3) is 0 Å². The van der Waals surface area contributed by atoms with Crippen molar-refractivity contribution in [2.24, 2.45) is 11.8 Å². The topological polar surface area (TPSA) is 60.8 Å². The minimum absolute atomic E-state index is 0.479. The molecule has 2 saturated carbocycles. The van der Waals surface area contributed by atoms with E-state index in [2.05, 4.69) is 88.9 Å². The van der Waals surface area contributed by atoms with Crippen molar-refractivity contribution < 1.29 is 4.74 Å². The zero-order valence-corrected chi connectivity index (χ0v) is 40.5. The summed E-state index contributed by atoms with van der Waals surface area (Å²) < 4.78 is 7.18. The average Bonchev–Trinajstić information content (AvgIpc) is 3.31. The minimum Gasteiger partial charge on any atom is -0.457 e. The number of rotatable bonds is 28. The maximum absolute atomic E-state index is 7.18. The number of aryl methyl sites for hydroxylation is 4. The molecule has 0 aliphatic heterocycles. The molecule has 0 spiro atoms. The van der Waals surface area contributed by atoms with Crippen LogP contribution >= 0.6 is 0 Å². The smallest absolute Gasteiger partial charge is 0.131 e. The number of hydrogen-bond donors (Lipinski definition) is 0. The molecule has 2 fully saturated rings. The van der Waals surface area contributed by atoms with Gasteiger partial charge in [0.1, 0.15) is 23.1 Å². The minimum atomic E-state index is 0.479. The van der Waals surface area contributed by atoms with Crippen molar-refractivity contribution in [2.45, 2.75) is 232 Å². The molecule has 2 heterocycles. The van der Waals surface area contributed by atoms with Crippen LogP contribution in [0.1, 0.15) is 239 Å². The summed E-state index contributed by atoms with van der Waals surface area (Å²) in [5.41, 5.74) is 8.33. The van der Waals surface area contributed by atoms with Gasteiger partial charge in [0.05, 0.1) is 0 Å². The summed E-state index contributed by atoms with van der Waals surface area (Å²) in [4.78, 5) is 19.6. The van der Waals surface area contributed by atoms with Gasteiger partial charge in [-0.15, -0.1) is 0 Å². The Morgan fingerprint density at radius 3 is 1.11 bits per heavy atom. The van der Waals surface area contributed by atoms with Crippen molar-refractivity contribution in [3.8, 4) is 11.5 Å². The van der Waals surface area contributed by atoms with E-state index in [1.165, 1.54) is 187 Å². The maximum atomic E-state index is 7.18. The molecule has 6 rings (SSSR count). The van der Waals surface area contributed by atoms with Crippen LogP contribution in [-0.2, 0) is 38.5 Å². The Bertz CT molecular complexity index is 1700. The highest BCUT2D eigenvalue weighted by atomic mass is 16.5. The van der Waals surface area contributed by atoms with Gasteiger partial charge in [-0.25, -0.2) is 19.9 Å². The summed E-state index contributed by atoms with van der Waals surface area (Å²) in [5.74, 6) is 6.53. The van der Waals surface area contributed by atoms with Gasteiger partial charge >= 0.3 is 0 Å². The number of benzene rings is 2. The second kappa shape index (κ2) is 27.7. The fourth-order valence-corrected chi connectivity index (χ4v) is 10.5. The second-order valence-corrected chi connectivity index (χ2v) is 20.0. The third-order valence-electron chi connectivity index (χ3n) is 14.6. The Morgan fingerprint density at radius 2 is 0.730 bits per heavy atom. The third kappa shape index (κ3) is 16.4. The number of hydrogen-bond acceptors (Lipinski definition) is 5. The van der Waals surface area contributed by atoms with Gasteiger partial charge in [-0.05, 0) is 173 Å². The van der Waals surface area contributed by atoms with E-state index in [1.54, 1.807) is 0 Å². The van der Waals surface area contributed by atoms with Gasteiger partial charge in [0.15, 0.2) is 0 Å². The Labute approximate surface area is 384 Å². The van der Waals surface area contributed by atoms with Crippen molar-refractivity contribution in [2.75, 3.05) is 0 Å². The summed E-state index contributed by atoms with van der Waals surface area (Å²) in [6, 6.07) is 14.4. The van der Waals surface area contributed by atoms with Gasteiger partial charge in [-0.2, -0.15) is 0 Å². The highest BCUT2D eigenvalue weighted by molar-refractivity contribution is 5.45. The van der Waals surface area contributed by atoms with Gasteiger partial charge in [0.25, 0.3) is 0 Å². The molecule has 2 aromatic heterocycles. The molecule has 0 bridgehead atoms. The van der Waals surface area contributed by atoms with E-state index >= 15 is 0 Å². The molecular weight excluding hydrogens is 769 g/mol. The SMILES string of the molecule is CCCCCCCc1ccc(Oc2ccc(CCCCCCC)cc2C[C@H]2CC[C@H](c3ncc(CCCCC)cn3)CC2)c(C[C@H]2CC[C@H](c3ncc(CCCCC)cn3)CC2)c1. The van der Waals surface area contributed by atoms with Crippen LogP contribution in [-0.4, -0.2) is 19.9 Å². The monoisotopic (exact) mass is 855 g/mol. The Balaban J connectivity index is 1.14. The fourth-order valence-electron chi connectivity index (χ4n) is 10.5. The molecule has 0 amide bonds. The van der Waals surface area contributed by atoms with Gasteiger partial charge in [-0.1, -0.05) is 129 Å². The molecule has 2 aromatic carbocycles. The number of ether oxygens (including phenoxy) is 1. The van der Waals surface area contributed by atoms with E-state index < -0.39 is 0 Å². The van der Waals surface area contributed by atoms with Crippen LogP contribution in [0.2, 0.25) is 0 Å². The van der Waals surface area contributed by atoms with Crippen LogP contribution in [0, 0.1) is 11.8 Å². The second-order valence-electron chi connectivity index (χ2n) is 20.0. The van der Waals surface area contributed by atoms with Gasteiger partial charge in [-0.3, -0.25) is 0 Å². The summed E-state index contributed by atoms with van der Waals surface area (Å²) in [6.07, 6.45) is 45.3. The Kier molecular flexibility index (Phi) is 21.4. The molecule has 0 atom stereocenters. The van der Waals surface area contributed by atoms with E-state index in [4.69, 9.17) is 24.7 Å². The highest BCUT2D eigenvalue weighted by Crippen LogP contribution is 2.41. The molecule has 0 radical (unpaired) electrons. The van der Waals surface area contributed by atoms with Crippen molar-refractivity contribution in [3.63, 3.8) is 0 Å². The third-order valence-corrected chi connectivity index (χ3v) is 14.6. The van der Waals surface area contributed by atoms with Gasteiger partial charge in [0, 0.05) is 36.6 Å². The molecule has 4 aromatic rings. The van der Waals surface area contributed by atoms with E-state index in [0.29, 0.717) is 23.7 Å². The molecular formula is C58H86N4O. The zero-order chi connectivity index (χ0) is 43.9. The van der Waals surface area contributed by atoms with E-state index in [9.17, 15) is 0 Å². The lowest BCUT2D eigenvalue weighted by Crippen LogP contribution is -2.18. The van der Waals surface area contributed by atoms with E-state index in [1.807, 2.05) is 0 Å². The lowest BCUT2D eigenvalue weighted by molar-refractivity contribution is 0.312. The van der Waals surface area contributed by atoms with Crippen LogP contribution < -0.4 is 4.74 Å². The van der Waals surface area contributed by atoms with E-state index in [0.717, 1.165) is 61.7 Å². The molecule has 344 valence electrons. The molecule has 63 heavy (non-hydrogen) atoms. The summed E-state index contributed by atoms with van der Waals surface area (Å²) in [6.45, 7) is 9.14. The predicted octanol–water partition coefficient (Wildman–Crippen LogP) is 16.6. The molecule has 0 saturated heterocycles. The first-order chi connectivity index (χ1) is 31.0. The summed E-state index contributed by atoms with van der Waals surface area (Å²) >= 11 is 0. The molecule has 5 nitrogen and oxygen atoms in total. The molecule has 2 aliphatic rings. The first-order valence-corrected chi connectivity index (χ1v) is 26.6. The fraction of sp³-hybridized carbons (Fsp3) is 0.655. The van der Waals surface area contributed by atoms with Crippen LogP contribution in [0.15, 0.2) is 61.2 Å². The first kappa shape index (κ1) is 48.8. The van der Waals surface area contributed by atoms with E-state index in [-0.39, 0.29) is 0 Å². The lowest BCUT2D eigenvalue weighted by Gasteiger charge is -2.29. The zero-order valence-electron chi connectivity index (χ0n) is 40.5.